The molecule has 0 aromatic heterocycles. The molecule has 2 aromatic rings. The first-order valence-corrected chi connectivity index (χ1v) is 13.5. The number of halogens is 22. The van der Waals surface area contributed by atoms with Gasteiger partial charge >= 0.3 is 83.5 Å². The van der Waals surface area contributed by atoms with Crippen molar-refractivity contribution in [3.8, 4) is 11.5 Å². The molecule has 0 unspecified atom stereocenters. The quantitative estimate of drug-likeness (QED) is 0.0896. The van der Waals surface area contributed by atoms with Crippen LogP contribution in [0.3, 0.4) is 0 Å². The average Bonchev–Trinajstić information content (AvgIpc) is 3.09. The second-order valence-electron chi connectivity index (χ2n) is 10.3. The first-order valence-electron chi connectivity index (χ1n) is 13.5. The van der Waals surface area contributed by atoms with Crippen LogP contribution in [0.25, 0.3) is 0 Å². The minimum absolute atomic E-state index is 0.301. The number of esters is 2. The standard InChI is InChI=1S/C28H12F22O6/c29-15(30)17(33)55-13-5-1-11(2-6-13)19(51)53-9-21(35,36)23(39,40)25(43,44)27(47,48)28(49,50)26(45,46)24(41,42)22(37,38)10-54-20(52)12-3-7-14(8-4-12)56-18(34)16(31)32/h1-8H,9-10H2. The number of hydrogen-bond acceptors (Lipinski definition) is 6. The zero-order valence-electron chi connectivity index (χ0n) is 25.8. The van der Waals surface area contributed by atoms with E-state index in [0.29, 0.717) is 48.5 Å². The van der Waals surface area contributed by atoms with Crippen molar-refractivity contribution < 1.29 is 125 Å². The first-order chi connectivity index (χ1) is 25.1. The fraction of sp³-hybridized carbons (Fsp3) is 0.357. The number of alkyl halides is 16. The lowest BCUT2D eigenvalue weighted by Gasteiger charge is -2.43. The fourth-order valence-corrected chi connectivity index (χ4v) is 3.51. The highest BCUT2D eigenvalue weighted by molar-refractivity contribution is 5.90. The molecule has 2 aromatic carbocycles. The predicted molar refractivity (Wildman–Crippen MR) is 135 cm³/mol. The van der Waals surface area contributed by atoms with Gasteiger partial charge in [-0.2, -0.15) is 96.6 Å². The SMILES string of the molecule is O=C(OCC(F)(F)C(F)(F)C(F)(F)C(F)(F)C(F)(F)C(F)(F)C(F)(F)C(F)(F)COC(=O)c1ccc(OC(F)=C(F)F)cc1)c1ccc(OC(F)=C(F)F)cc1. The Labute approximate surface area is 293 Å². The van der Waals surface area contributed by atoms with E-state index in [1.165, 1.54) is 0 Å². The van der Waals surface area contributed by atoms with Crippen LogP contribution in [-0.4, -0.2) is 72.5 Å². The van der Waals surface area contributed by atoms with Crippen LogP contribution in [0.15, 0.2) is 72.7 Å². The van der Waals surface area contributed by atoms with Crippen molar-refractivity contribution in [3.63, 3.8) is 0 Å². The molecule has 0 aliphatic carbocycles. The molecule has 0 aliphatic heterocycles. The van der Waals surface area contributed by atoms with Crippen molar-refractivity contribution in [2.75, 3.05) is 13.2 Å². The Kier molecular flexibility index (Phi) is 13.3. The van der Waals surface area contributed by atoms with Crippen LogP contribution in [0.4, 0.5) is 96.6 Å². The topological polar surface area (TPSA) is 71.1 Å². The summed E-state index contributed by atoms with van der Waals surface area (Å²) >= 11 is 0. The van der Waals surface area contributed by atoms with Crippen LogP contribution in [-0.2, 0) is 9.47 Å². The maximum Gasteiger partial charge on any atom is 0.385 e. The molecule has 0 atom stereocenters. The molecule has 0 saturated heterocycles. The normalized spacial score (nSPS) is 13.5. The van der Waals surface area contributed by atoms with Crippen molar-refractivity contribution >= 4 is 11.9 Å². The number of rotatable bonds is 17. The Balaban J connectivity index is 2.30. The van der Waals surface area contributed by atoms with E-state index >= 15 is 0 Å². The maximum absolute atomic E-state index is 14.2. The van der Waals surface area contributed by atoms with Crippen molar-refractivity contribution in [3.05, 3.63) is 83.8 Å². The average molecular weight is 862 g/mol. The highest BCUT2D eigenvalue weighted by Gasteiger charge is 2.95. The lowest BCUT2D eigenvalue weighted by atomic mass is 9.88. The number of ether oxygens (including phenoxy) is 4. The second kappa shape index (κ2) is 15.8. The summed E-state index contributed by atoms with van der Waals surface area (Å²) in [7, 11) is 0. The summed E-state index contributed by atoms with van der Waals surface area (Å²) in [6.07, 6.45) is -6.03. The molecule has 0 aliphatic rings. The van der Waals surface area contributed by atoms with Crippen LogP contribution in [0.5, 0.6) is 11.5 Å². The lowest BCUT2D eigenvalue weighted by Crippen LogP contribution is -2.75. The van der Waals surface area contributed by atoms with E-state index in [2.05, 4.69) is 18.9 Å². The lowest BCUT2D eigenvalue weighted by molar-refractivity contribution is -0.454. The molecule has 0 spiro atoms. The zero-order valence-corrected chi connectivity index (χ0v) is 25.8. The molecule has 0 fully saturated rings. The smallest absolute Gasteiger partial charge is 0.385 e. The van der Waals surface area contributed by atoms with Crippen LogP contribution >= 0.6 is 0 Å². The van der Waals surface area contributed by atoms with E-state index in [9.17, 15) is 106 Å². The number of hydrogen-bond donors (Lipinski definition) is 0. The van der Waals surface area contributed by atoms with Gasteiger partial charge in [-0.3, -0.25) is 0 Å². The van der Waals surface area contributed by atoms with Gasteiger partial charge in [-0.15, -0.1) is 0 Å². The molecule has 0 radical (unpaired) electrons. The number of carbonyl (C=O) groups excluding carboxylic acids is 2. The fourth-order valence-electron chi connectivity index (χ4n) is 3.51. The van der Waals surface area contributed by atoms with E-state index in [-0.39, 0.29) is 0 Å². The summed E-state index contributed by atoms with van der Waals surface area (Å²) in [5.41, 5.74) is -2.27. The van der Waals surface area contributed by atoms with Crippen molar-refractivity contribution in [2.45, 2.75) is 47.4 Å². The predicted octanol–water partition coefficient (Wildman–Crippen LogP) is 10.6. The van der Waals surface area contributed by atoms with Gasteiger partial charge in [0.1, 0.15) is 11.5 Å². The summed E-state index contributed by atoms with van der Waals surface area (Å²) in [5.74, 6) is -71.8. The highest BCUT2D eigenvalue weighted by Crippen LogP contribution is 2.63. The summed E-state index contributed by atoms with van der Waals surface area (Å²) in [4.78, 5) is 23.6. The highest BCUT2D eigenvalue weighted by atomic mass is 19.4. The van der Waals surface area contributed by atoms with Gasteiger partial charge in [-0.1, -0.05) is 0 Å². The van der Waals surface area contributed by atoms with Gasteiger partial charge in [-0.05, 0) is 48.5 Å². The minimum atomic E-state index is -8.86. The molecule has 0 amide bonds. The minimum Gasteiger partial charge on any atom is -0.455 e. The van der Waals surface area contributed by atoms with Gasteiger partial charge in [-0.25, -0.2) is 9.59 Å². The summed E-state index contributed by atoms with van der Waals surface area (Å²) < 4.78 is 315. The van der Waals surface area contributed by atoms with Gasteiger partial charge in [0, 0.05) is 0 Å². The Bertz CT molecular complexity index is 1670. The molecule has 0 saturated carbocycles. The van der Waals surface area contributed by atoms with Crippen LogP contribution < -0.4 is 9.47 Å². The molecule has 314 valence electrons. The van der Waals surface area contributed by atoms with Gasteiger partial charge in [0.05, 0.1) is 11.1 Å². The summed E-state index contributed by atoms with van der Waals surface area (Å²) in [5, 5.41) is 0. The third kappa shape index (κ3) is 8.66. The molecule has 6 nitrogen and oxygen atoms in total. The largest absolute Gasteiger partial charge is 0.455 e. The Morgan fingerprint density at radius 2 is 0.625 bits per heavy atom. The van der Waals surface area contributed by atoms with Crippen LogP contribution in [0.2, 0.25) is 0 Å². The van der Waals surface area contributed by atoms with Gasteiger partial charge in [0.2, 0.25) is 0 Å². The Morgan fingerprint density at radius 1 is 0.393 bits per heavy atom. The van der Waals surface area contributed by atoms with Crippen molar-refractivity contribution in [2.24, 2.45) is 0 Å². The van der Waals surface area contributed by atoms with Gasteiger partial charge < -0.3 is 18.9 Å². The molecule has 28 heteroatoms. The van der Waals surface area contributed by atoms with Crippen LogP contribution in [0, 0.1) is 0 Å². The number of benzene rings is 2. The van der Waals surface area contributed by atoms with E-state index in [4.69, 9.17) is 0 Å². The molecular weight excluding hydrogens is 850 g/mol. The van der Waals surface area contributed by atoms with Gasteiger partial charge in [0.15, 0.2) is 13.2 Å². The van der Waals surface area contributed by atoms with E-state index in [1.54, 1.807) is 0 Å². The molecule has 56 heavy (non-hydrogen) atoms. The van der Waals surface area contributed by atoms with E-state index < -0.39 is 119 Å². The summed E-state index contributed by atoms with van der Waals surface area (Å²) in [6, 6.07) is -2.29. The van der Waals surface area contributed by atoms with E-state index in [1.807, 2.05) is 0 Å². The first kappa shape index (κ1) is 47.1. The molecule has 2 rings (SSSR count). The summed E-state index contributed by atoms with van der Waals surface area (Å²) in [6.45, 7) is -7.07. The Morgan fingerprint density at radius 3 is 0.857 bits per heavy atom. The third-order valence-electron chi connectivity index (χ3n) is 6.55. The third-order valence-corrected chi connectivity index (χ3v) is 6.55. The van der Waals surface area contributed by atoms with Crippen molar-refractivity contribution in [1.82, 2.24) is 0 Å². The maximum atomic E-state index is 14.2. The van der Waals surface area contributed by atoms with Gasteiger partial charge in [0.25, 0.3) is 0 Å². The molecule has 0 bridgehead atoms. The molecular formula is C28H12F22O6. The Hall–Kier alpha value is -5.08. The monoisotopic (exact) mass is 862 g/mol. The number of carbonyl (C=O) groups is 2. The zero-order chi connectivity index (χ0) is 43.7. The molecule has 0 N–H and O–H groups in total. The second-order valence-corrected chi connectivity index (χ2v) is 10.3. The molecule has 0 heterocycles. The van der Waals surface area contributed by atoms with Crippen molar-refractivity contribution in [1.29, 1.82) is 0 Å². The van der Waals surface area contributed by atoms with E-state index in [0.717, 1.165) is 0 Å². The van der Waals surface area contributed by atoms with Crippen LogP contribution in [0.1, 0.15) is 20.7 Å².